The number of hydrogen-bond donors (Lipinski definition) is 0. The first-order chi connectivity index (χ1) is 11.0. The average Bonchev–Trinajstić information content (AvgIpc) is 2.89. The van der Waals surface area contributed by atoms with Crippen LogP contribution in [0.1, 0.15) is 12.8 Å². The van der Waals surface area contributed by atoms with Gasteiger partial charge in [-0.1, -0.05) is 33.5 Å². The van der Waals surface area contributed by atoms with E-state index in [0.29, 0.717) is 30.8 Å². The van der Waals surface area contributed by atoms with E-state index in [1.807, 2.05) is 6.20 Å². The van der Waals surface area contributed by atoms with Gasteiger partial charge in [-0.2, -0.15) is 0 Å². The third kappa shape index (κ3) is 3.34. The molecule has 3 rings (SSSR count). The maximum absolute atomic E-state index is 14.3. The molecule has 3 atom stereocenters. The number of anilines is 1. The molecule has 1 aromatic carbocycles. The third-order valence-corrected chi connectivity index (χ3v) is 5.41. The summed E-state index contributed by atoms with van der Waals surface area (Å²) in [4.78, 5) is 1.63. The van der Waals surface area contributed by atoms with Crippen molar-refractivity contribution < 1.29 is 13.5 Å². The molecular formula is C17H15BrClF2NO. The van der Waals surface area contributed by atoms with Gasteiger partial charge in [0.15, 0.2) is 0 Å². The van der Waals surface area contributed by atoms with Crippen molar-refractivity contribution in [1.82, 2.24) is 0 Å². The van der Waals surface area contributed by atoms with Gasteiger partial charge >= 0.3 is 0 Å². The quantitative estimate of drug-likeness (QED) is 0.536. The Labute approximate surface area is 147 Å². The number of halogens is 4. The van der Waals surface area contributed by atoms with Crippen LogP contribution in [0, 0.1) is 24.1 Å². The lowest BCUT2D eigenvalue weighted by molar-refractivity contribution is 0.254. The molecule has 2 nitrogen and oxygen atoms in total. The Hall–Kier alpha value is -1.25. The Bertz CT molecular complexity index is 688. The molecule has 1 aromatic rings. The monoisotopic (exact) mass is 401 g/mol. The van der Waals surface area contributed by atoms with Crippen LogP contribution in [0.5, 0.6) is 5.75 Å². The largest absolute Gasteiger partial charge is 0.479 e. The molecule has 1 aliphatic carbocycles. The van der Waals surface area contributed by atoms with Crippen molar-refractivity contribution >= 4 is 33.2 Å². The molecule has 2 aliphatic rings. The SMILES string of the molecule is C#CCOc1cc(N2C=C3CC(Br)C(F)CC3C2)c(F)cc1Cl. The van der Waals surface area contributed by atoms with Gasteiger partial charge in [-0.25, -0.2) is 8.78 Å². The highest BCUT2D eigenvalue weighted by Gasteiger charge is 2.37. The van der Waals surface area contributed by atoms with Gasteiger partial charge in [0.1, 0.15) is 24.3 Å². The van der Waals surface area contributed by atoms with Crippen molar-refractivity contribution in [3.05, 3.63) is 34.7 Å². The van der Waals surface area contributed by atoms with Gasteiger partial charge in [-0.3, -0.25) is 0 Å². The summed E-state index contributed by atoms with van der Waals surface area (Å²) >= 11 is 9.35. The predicted octanol–water partition coefficient (Wildman–Crippen LogP) is 4.71. The first kappa shape index (κ1) is 16.6. The van der Waals surface area contributed by atoms with Crippen molar-refractivity contribution in [2.24, 2.45) is 5.92 Å². The van der Waals surface area contributed by atoms with Gasteiger partial charge in [0, 0.05) is 29.6 Å². The van der Waals surface area contributed by atoms with E-state index in [2.05, 4.69) is 21.9 Å². The van der Waals surface area contributed by atoms with E-state index in [9.17, 15) is 8.78 Å². The highest BCUT2D eigenvalue weighted by Crippen LogP contribution is 2.42. The molecule has 3 unspecified atom stereocenters. The smallest absolute Gasteiger partial charge is 0.148 e. The molecule has 1 aliphatic heterocycles. The zero-order valence-corrected chi connectivity index (χ0v) is 14.6. The second kappa shape index (κ2) is 6.70. The molecule has 0 N–H and O–H groups in total. The van der Waals surface area contributed by atoms with Gasteiger partial charge in [0.05, 0.1) is 10.7 Å². The molecule has 1 saturated carbocycles. The predicted molar refractivity (Wildman–Crippen MR) is 91.5 cm³/mol. The van der Waals surface area contributed by atoms with Crippen molar-refractivity contribution in [2.75, 3.05) is 18.1 Å². The molecule has 0 amide bonds. The Kier molecular flexibility index (Phi) is 4.84. The molecule has 0 aromatic heterocycles. The molecule has 0 radical (unpaired) electrons. The second-order valence-electron chi connectivity index (χ2n) is 5.75. The molecule has 6 heteroatoms. The summed E-state index contributed by atoms with van der Waals surface area (Å²) in [7, 11) is 0. The van der Waals surface area contributed by atoms with Crippen LogP contribution in [0.15, 0.2) is 23.9 Å². The maximum Gasteiger partial charge on any atom is 0.148 e. The van der Waals surface area contributed by atoms with E-state index < -0.39 is 12.0 Å². The van der Waals surface area contributed by atoms with Crippen molar-refractivity contribution in [3.63, 3.8) is 0 Å². The fourth-order valence-corrected chi connectivity index (χ4v) is 3.86. The Balaban J connectivity index is 1.87. The van der Waals surface area contributed by atoms with Gasteiger partial charge in [0.25, 0.3) is 0 Å². The lowest BCUT2D eigenvalue weighted by Gasteiger charge is -2.27. The maximum atomic E-state index is 14.3. The standard InChI is InChI=1S/C17H15BrClF2NO/c1-2-3-23-17-7-16(15(21)6-13(17)19)22-8-10-4-12(18)14(20)5-11(10)9-22/h1,6-8,11-12,14H,3-5,9H2. The number of hydrogen-bond acceptors (Lipinski definition) is 2. The van der Waals surface area contributed by atoms with Gasteiger partial charge in [0.2, 0.25) is 0 Å². The normalized spacial score (nSPS) is 26.5. The summed E-state index contributed by atoms with van der Waals surface area (Å²) in [6, 6.07) is 2.76. The van der Waals surface area contributed by atoms with Gasteiger partial charge in [-0.05, 0) is 24.5 Å². The average molecular weight is 403 g/mol. The van der Waals surface area contributed by atoms with E-state index in [-0.39, 0.29) is 22.4 Å². The van der Waals surface area contributed by atoms with Crippen LogP contribution in [-0.4, -0.2) is 24.2 Å². The summed E-state index contributed by atoms with van der Waals surface area (Å²) in [5.74, 6) is 2.37. The summed E-state index contributed by atoms with van der Waals surface area (Å²) in [6.07, 6.45) is 7.29. The van der Waals surface area contributed by atoms with Crippen LogP contribution in [0.3, 0.4) is 0 Å². The minimum Gasteiger partial charge on any atom is -0.479 e. The lowest BCUT2D eigenvalue weighted by Crippen LogP contribution is -2.29. The molecule has 0 bridgehead atoms. The zero-order chi connectivity index (χ0) is 16.6. The molecule has 0 saturated heterocycles. The first-order valence-electron chi connectivity index (χ1n) is 7.30. The number of alkyl halides is 2. The van der Waals surface area contributed by atoms with E-state index in [4.69, 9.17) is 22.8 Å². The molecular weight excluding hydrogens is 388 g/mol. The van der Waals surface area contributed by atoms with E-state index in [1.54, 1.807) is 11.0 Å². The number of nitrogens with zero attached hydrogens (tertiary/aromatic N) is 1. The van der Waals surface area contributed by atoms with Crippen LogP contribution in [-0.2, 0) is 0 Å². The van der Waals surface area contributed by atoms with Crippen LogP contribution in [0.2, 0.25) is 5.02 Å². The Morgan fingerprint density at radius 3 is 3.00 bits per heavy atom. The number of ether oxygens (including phenoxy) is 1. The lowest BCUT2D eigenvalue weighted by atomic mass is 9.85. The number of rotatable bonds is 3. The highest BCUT2D eigenvalue weighted by molar-refractivity contribution is 9.09. The Morgan fingerprint density at radius 1 is 1.48 bits per heavy atom. The minimum atomic E-state index is -0.873. The molecule has 1 fully saturated rings. The fraction of sp³-hybridized carbons (Fsp3) is 0.412. The summed E-state index contributed by atoms with van der Waals surface area (Å²) in [6.45, 7) is 0.617. The second-order valence-corrected chi connectivity index (χ2v) is 7.34. The van der Waals surface area contributed by atoms with Gasteiger partial charge in [-0.15, -0.1) is 6.42 Å². The van der Waals surface area contributed by atoms with E-state index in [1.165, 1.54) is 6.07 Å². The van der Waals surface area contributed by atoms with Crippen LogP contribution >= 0.6 is 27.5 Å². The minimum absolute atomic E-state index is 0.0588. The van der Waals surface area contributed by atoms with E-state index >= 15 is 0 Å². The third-order valence-electron chi connectivity index (χ3n) is 4.22. The van der Waals surface area contributed by atoms with Crippen LogP contribution < -0.4 is 9.64 Å². The first-order valence-corrected chi connectivity index (χ1v) is 8.59. The number of benzene rings is 1. The molecule has 1 heterocycles. The summed E-state index contributed by atoms with van der Waals surface area (Å²) < 4.78 is 33.5. The van der Waals surface area contributed by atoms with Crippen molar-refractivity contribution in [3.8, 4) is 18.1 Å². The zero-order valence-electron chi connectivity index (χ0n) is 12.2. The van der Waals surface area contributed by atoms with Crippen LogP contribution in [0.25, 0.3) is 0 Å². The number of fused-ring (bicyclic) bond motifs is 1. The summed E-state index contributed by atoms with van der Waals surface area (Å²) in [5.41, 5.74) is 1.51. The topological polar surface area (TPSA) is 12.5 Å². The fourth-order valence-electron chi connectivity index (χ4n) is 3.07. The highest BCUT2D eigenvalue weighted by atomic mass is 79.9. The van der Waals surface area contributed by atoms with E-state index in [0.717, 1.165) is 5.57 Å². The van der Waals surface area contributed by atoms with Crippen molar-refractivity contribution in [2.45, 2.75) is 23.8 Å². The molecule has 23 heavy (non-hydrogen) atoms. The van der Waals surface area contributed by atoms with Crippen molar-refractivity contribution in [1.29, 1.82) is 0 Å². The van der Waals surface area contributed by atoms with Gasteiger partial charge < -0.3 is 9.64 Å². The molecule has 122 valence electrons. The number of terminal acetylenes is 1. The summed E-state index contributed by atoms with van der Waals surface area (Å²) in [5, 5.41) is 0.176. The molecule has 0 spiro atoms. The Morgan fingerprint density at radius 2 is 2.26 bits per heavy atom. The van der Waals surface area contributed by atoms with Crippen LogP contribution in [0.4, 0.5) is 14.5 Å².